The van der Waals surface area contributed by atoms with Gasteiger partial charge in [-0.1, -0.05) is 18.2 Å². The Hall–Kier alpha value is -2.93. The highest BCUT2D eigenvalue weighted by Gasteiger charge is 2.09. The van der Waals surface area contributed by atoms with Gasteiger partial charge in [0.15, 0.2) is 0 Å². The third-order valence-electron chi connectivity index (χ3n) is 3.71. The molecule has 0 bridgehead atoms. The summed E-state index contributed by atoms with van der Waals surface area (Å²) in [6.07, 6.45) is 1.63. The molecule has 26 heavy (non-hydrogen) atoms. The van der Waals surface area contributed by atoms with Crippen LogP contribution in [0.1, 0.15) is 5.56 Å². The lowest BCUT2D eigenvalue weighted by Gasteiger charge is -2.10. The summed E-state index contributed by atoms with van der Waals surface area (Å²) >= 11 is 3.37. The van der Waals surface area contributed by atoms with Gasteiger partial charge < -0.3 is 16.4 Å². The SMILES string of the molecule is Cc1ccc(F)c(NC(=O)Nc2ccc(-c3cc(Br)cnc3N)cc2)c1. The van der Waals surface area contributed by atoms with Crippen LogP contribution in [0.3, 0.4) is 0 Å². The number of nitrogens with two attached hydrogens (primary N) is 1. The number of aryl methyl sites for hydroxylation is 1. The lowest BCUT2D eigenvalue weighted by Crippen LogP contribution is -2.20. The van der Waals surface area contributed by atoms with Gasteiger partial charge in [-0.2, -0.15) is 0 Å². The molecule has 2 amide bonds. The van der Waals surface area contributed by atoms with Gasteiger partial charge in [-0.3, -0.25) is 0 Å². The van der Waals surface area contributed by atoms with Gasteiger partial charge in [0.25, 0.3) is 0 Å². The molecule has 0 unspecified atom stereocenters. The summed E-state index contributed by atoms with van der Waals surface area (Å²) in [5, 5.41) is 5.17. The fourth-order valence-electron chi connectivity index (χ4n) is 2.43. The molecule has 0 aliphatic heterocycles. The molecule has 7 heteroatoms. The van der Waals surface area contributed by atoms with Gasteiger partial charge in [-0.25, -0.2) is 14.2 Å². The average Bonchev–Trinajstić information content (AvgIpc) is 2.61. The number of halogens is 2. The maximum atomic E-state index is 13.7. The minimum Gasteiger partial charge on any atom is -0.383 e. The van der Waals surface area contributed by atoms with Gasteiger partial charge >= 0.3 is 6.03 Å². The number of anilines is 3. The number of nitrogens with zero attached hydrogens (tertiary/aromatic N) is 1. The Morgan fingerprint density at radius 2 is 1.85 bits per heavy atom. The van der Waals surface area contributed by atoms with Gasteiger partial charge in [-0.15, -0.1) is 0 Å². The van der Waals surface area contributed by atoms with Crippen molar-refractivity contribution in [1.29, 1.82) is 0 Å². The molecule has 4 N–H and O–H groups in total. The fraction of sp³-hybridized carbons (Fsp3) is 0.0526. The van der Waals surface area contributed by atoms with Crippen molar-refractivity contribution in [2.75, 3.05) is 16.4 Å². The Morgan fingerprint density at radius 1 is 1.12 bits per heavy atom. The first-order chi connectivity index (χ1) is 12.4. The molecular weight excluding hydrogens is 399 g/mol. The number of hydrogen-bond acceptors (Lipinski definition) is 3. The van der Waals surface area contributed by atoms with E-state index in [1.807, 2.05) is 25.1 Å². The van der Waals surface area contributed by atoms with E-state index < -0.39 is 11.8 Å². The van der Waals surface area contributed by atoms with E-state index in [9.17, 15) is 9.18 Å². The molecule has 0 atom stereocenters. The van der Waals surface area contributed by atoms with Crippen LogP contribution >= 0.6 is 15.9 Å². The minimum atomic E-state index is -0.522. The predicted molar refractivity (Wildman–Crippen MR) is 106 cm³/mol. The molecule has 3 rings (SSSR count). The van der Waals surface area contributed by atoms with Crippen LogP contribution in [-0.2, 0) is 0 Å². The van der Waals surface area contributed by atoms with Crippen molar-refractivity contribution in [2.45, 2.75) is 6.92 Å². The Balaban J connectivity index is 1.72. The Morgan fingerprint density at radius 3 is 2.58 bits per heavy atom. The molecule has 0 aliphatic carbocycles. The standard InChI is InChI=1S/C19H16BrFN4O/c1-11-2-7-16(21)17(8-11)25-19(26)24-14-5-3-12(4-6-14)15-9-13(20)10-23-18(15)22/h2-10H,1H3,(H2,22,23)(H2,24,25,26). The van der Waals surface area contributed by atoms with Crippen LogP contribution in [-0.4, -0.2) is 11.0 Å². The molecule has 2 aromatic carbocycles. The van der Waals surface area contributed by atoms with Crippen molar-refractivity contribution in [1.82, 2.24) is 4.98 Å². The zero-order chi connectivity index (χ0) is 18.7. The topological polar surface area (TPSA) is 80.0 Å². The van der Waals surface area contributed by atoms with Crippen molar-refractivity contribution in [2.24, 2.45) is 0 Å². The number of rotatable bonds is 3. The summed E-state index contributed by atoms with van der Waals surface area (Å²) in [6.45, 7) is 1.82. The van der Waals surface area contributed by atoms with Crippen molar-refractivity contribution in [3.8, 4) is 11.1 Å². The lowest BCUT2D eigenvalue weighted by atomic mass is 10.1. The number of urea groups is 1. The second-order valence-corrected chi connectivity index (χ2v) is 6.64. The van der Waals surface area contributed by atoms with E-state index in [1.54, 1.807) is 30.5 Å². The lowest BCUT2D eigenvalue weighted by molar-refractivity contribution is 0.262. The number of aromatic nitrogens is 1. The molecule has 5 nitrogen and oxygen atoms in total. The van der Waals surface area contributed by atoms with Gasteiger partial charge in [0.2, 0.25) is 0 Å². The minimum absolute atomic E-state index is 0.132. The van der Waals surface area contributed by atoms with Gasteiger partial charge in [-0.05, 0) is 64.3 Å². The smallest absolute Gasteiger partial charge is 0.323 e. The highest BCUT2D eigenvalue weighted by atomic mass is 79.9. The van der Waals surface area contributed by atoms with Crippen LogP contribution in [0.2, 0.25) is 0 Å². The van der Waals surface area contributed by atoms with Crippen LogP contribution < -0.4 is 16.4 Å². The quantitative estimate of drug-likeness (QED) is 0.551. The number of nitrogens with one attached hydrogen (secondary N) is 2. The number of amides is 2. The van der Waals surface area contributed by atoms with Gasteiger partial charge in [0.05, 0.1) is 5.69 Å². The van der Waals surface area contributed by atoms with Crippen LogP contribution in [0.15, 0.2) is 59.2 Å². The Labute approximate surface area is 158 Å². The average molecular weight is 415 g/mol. The van der Waals surface area contributed by atoms with E-state index >= 15 is 0 Å². The largest absolute Gasteiger partial charge is 0.383 e. The third-order valence-corrected chi connectivity index (χ3v) is 4.14. The first-order valence-corrected chi connectivity index (χ1v) is 8.57. The van der Waals surface area contributed by atoms with Crippen molar-refractivity contribution in [3.05, 3.63) is 70.6 Å². The van der Waals surface area contributed by atoms with Crippen LogP contribution in [0, 0.1) is 12.7 Å². The van der Waals surface area contributed by atoms with Crippen LogP contribution in [0.5, 0.6) is 0 Å². The van der Waals surface area contributed by atoms with Crippen molar-refractivity contribution in [3.63, 3.8) is 0 Å². The number of pyridine rings is 1. The maximum Gasteiger partial charge on any atom is 0.323 e. The highest BCUT2D eigenvalue weighted by Crippen LogP contribution is 2.28. The summed E-state index contributed by atoms with van der Waals surface area (Å²) in [5.41, 5.74) is 9.12. The molecular formula is C19H16BrFN4O. The predicted octanol–water partition coefficient (Wildman–Crippen LogP) is 5.18. The Bertz CT molecular complexity index is 960. The van der Waals surface area contributed by atoms with Gasteiger partial charge in [0, 0.05) is 21.9 Å². The summed E-state index contributed by atoms with van der Waals surface area (Å²) in [6, 6.07) is 13.0. The maximum absolute atomic E-state index is 13.7. The normalized spacial score (nSPS) is 10.4. The molecule has 0 aliphatic rings. The van der Waals surface area contributed by atoms with E-state index in [0.29, 0.717) is 11.5 Å². The summed E-state index contributed by atoms with van der Waals surface area (Å²) in [4.78, 5) is 16.2. The second-order valence-electron chi connectivity index (χ2n) is 5.73. The Kier molecular flexibility index (Phi) is 5.18. The molecule has 0 saturated carbocycles. The molecule has 1 heterocycles. The molecule has 3 aromatic rings. The van der Waals surface area contributed by atoms with E-state index in [2.05, 4.69) is 31.5 Å². The molecule has 0 radical (unpaired) electrons. The highest BCUT2D eigenvalue weighted by molar-refractivity contribution is 9.10. The van der Waals surface area contributed by atoms with E-state index in [0.717, 1.165) is 21.2 Å². The number of benzene rings is 2. The van der Waals surface area contributed by atoms with Crippen molar-refractivity contribution < 1.29 is 9.18 Å². The van der Waals surface area contributed by atoms with E-state index in [-0.39, 0.29) is 5.69 Å². The third kappa shape index (κ3) is 4.18. The first kappa shape index (κ1) is 17.9. The molecule has 0 saturated heterocycles. The molecule has 1 aromatic heterocycles. The molecule has 0 fully saturated rings. The number of nitrogen functional groups attached to an aromatic ring is 1. The zero-order valence-electron chi connectivity index (χ0n) is 13.9. The number of carbonyl (C=O) groups excluding carboxylic acids is 1. The zero-order valence-corrected chi connectivity index (χ0v) is 15.5. The van der Waals surface area contributed by atoms with Gasteiger partial charge in [0.1, 0.15) is 11.6 Å². The van der Waals surface area contributed by atoms with Crippen LogP contribution in [0.4, 0.5) is 26.4 Å². The summed E-state index contributed by atoms with van der Waals surface area (Å²) in [7, 11) is 0. The van der Waals surface area contributed by atoms with Crippen molar-refractivity contribution >= 4 is 39.2 Å². The summed E-state index contributed by atoms with van der Waals surface area (Å²) < 4.78 is 14.5. The summed E-state index contributed by atoms with van der Waals surface area (Å²) in [5.74, 6) is -0.0692. The van der Waals surface area contributed by atoms with E-state index in [1.165, 1.54) is 6.07 Å². The second kappa shape index (κ2) is 7.53. The fourth-order valence-corrected chi connectivity index (χ4v) is 2.77. The molecule has 132 valence electrons. The molecule has 0 spiro atoms. The monoisotopic (exact) mass is 414 g/mol. The van der Waals surface area contributed by atoms with Crippen LogP contribution in [0.25, 0.3) is 11.1 Å². The first-order valence-electron chi connectivity index (χ1n) is 7.78. The number of carbonyl (C=O) groups is 1. The van der Waals surface area contributed by atoms with E-state index in [4.69, 9.17) is 5.73 Å². The number of hydrogen-bond donors (Lipinski definition) is 3.